The van der Waals surface area contributed by atoms with Gasteiger partial charge in [-0.05, 0) is 85.4 Å². The number of piperidine rings is 1. The second-order valence-electron chi connectivity index (χ2n) is 8.86. The Morgan fingerprint density at radius 3 is 2.26 bits per heavy atom. The molecule has 1 aromatic heterocycles. The van der Waals surface area contributed by atoms with Gasteiger partial charge in [-0.2, -0.15) is 0 Å². The molecule has 1 aliphatic rings. The molecule has 0 radical (unpaired) electrons. The van der Waals surface area contributed by atoms with Crippen molar-refractivity contribution in [2.75, 3.05) is 25.1 Å². The van der Waals surface area contributed by atoms with E-state index in [2.05, 4.69) is 20.8 Å². The van der Waals surface area contributed by atoms with Crippen molar-refractivity contribution in [3.8, 4) is 17.0 Å². The van der Waals surface area contributed by atoms with E-state index in [1.54, 1.807) is 23.6 Å². The summed E-state index contributed by atoms with van der Waals surface area (Å²) in [6.45, 7) is 7.01. The van der Waals surface area contributed by atoms with Gasteiger partial charge in [0.2, 0.25) is 0 Å². The molecule has 0 unspecified atom stereocenters. The molecule has 0 atom stereocenters. The smallest absolute Gasteiger partial charge is 0.407 e. The monoisotopic (exact) mass is 491 g/mol. The van der Waals surface area contributed by atoms with E-state index in [1.165, 1.54) is 0 Å². The van der Waals surface area contributed by atoms with Gasteiger partial charge in [0, 0.05) is 36.2 Å². The van der Waals surface area contributed by atoms with E-state index in [4.69, 9.17) is 4.74 Å². The number of hydrogen-bond donors (Lipinski definition) is 1. The number of anilines is 1. The fraction of sp³-hybridized carbons (Fsp3) is 0.478. The Labute approximate surface area is 191 Å². The average molecular weight is 492 g/mol. The summed E-state index contributed by atoms with van der Waals surface area (Å²) in [7, 11) is 3.39. The van der Waals surface area contributed by atoms with Gasteiger partial charge in [-0.3, -0.25) is 4.79 Å². The maximum Gasteiger partial charge on any atom is 0.407 e. The highest BCUT2D eigenvalue weighted by Gasteiger charge is 2.35. The first-order valence-corrected chi connectivity index (χ1v) is 11.1. The topological polar surface area (TPSA) is 75.0 Å². The molecular formula is C23H30BrN3O4. The largest absolute Gasteiger partial charge is 0.497 e. The molecule has 1 N–H and O–H groups in total. The number of carbonyl (C=O) groups is 1. The van der Waals surface area contributed by atoms with Crippen LogP contribution in [-0.4, -0.2) is 52.4 Å². The Bertz CT molecular complexity index is 1000. The lowest BCUT2D eigenvalue weighted by Gasteiger charge is -2.44. The number of amides is 1. The fourth-order valence-corrected chi connectivity index (χ4v) is 5.06. The van der Waals surface area contributed by atoms with Crippen LogP contribution in [-0.2, 0) is 7.05 Å². The van der Waals surface area contributed by atoms with Crippen LogP contribution in [0.4, 0.5) is 10.5 Å². The second-order valence-corrected chi connectivity index (χ2v) is 9.71. The van der Waals surface area contributed by atoms with Gasteiger partial charge in [-0.25, -0.2) is 4.79 Å². The van der Waals surface area contributed by atoms with E-state index in [1.807, 2.05) is 51.1 Å². The highest BCUT2D eigenvalue weighted by Crippen LogP contribution is 2.32. The molecular weight excluding hydrogens is 462 g/mol. The van der Waals surface area contributed by atoms with Gasteiger partial charge < -0.3 is 24.2 Å². The molecule has 0 saturated carbocycles. The number of aromatic nitrogens is 1. The zero-order valence-electron chi connectivity index (χ0n) is 18.7. The molecule has 8 heteroatoms. The second kappa shape index (κ2) is 8.94. The van der Waals surface area contributed by atoms with Gasteiger partial charge in [0.1, 0.15) is 11.4 Å². The van der Waals surface area contributed by atoms with Crippen LogP contribution in [0.5, 0.6) is 5.75 Å². The van der Waals surface area contributed by atoms with E-state index >= 15 is 0 Å². The van der Waals surface area contributed by atoms with Crippen LogP contribution >= 0.6 is 15.9 Å². The van der Waals surface area contributed by atoms with Crippen molar-refractivity contribution in [2.24, 2.45) is 7.05 Å². The SMILES string of the molecule is COc1ccc(-c2c(Br)cc(N3CCC(N(C(=O)O)C(C)(C)C)CC3)c(=O)n2C)cc1. The molecule has 1 aromatic carbocycles. The zero-order valence-corrected chi connectivity index (χ0v) is 20.3. The minimum atomic E-state index is -0.895. The molecule has 2 aromatic rings. The van der Waals surface area contributed by atoms with Gasteiger partial charge in [0.25, 0.3) is 5.56 Å². The Morgan fingerprint density at radius 1 is 1.19 bits per heavy atom. The number of nitrogens with zero attached hydrogens (tertiary/aromatic N) is 3. The number of carboxylic acid groups (broad SMARTS) is 1. The lowest BCUT2D eigenvalue weighted by Crippen LogP contribution is -2.55. The molecule has 2 heterocycles. The number of rotatable bonds is 4. The highest BCUT2D eigenvalue weighted by molar-refractivity contribution is 9.10. The first-order chi connectivity index (χ1) is 14.5. The molecule has 168 valence electrons. The van der Waals surface area contributed by atoms with Crippen LogP contribution in [0.15, 0.2) is 39.6 Å². The van der Waals surface area contributed by atoms with Crippen molar-refractivity contribution in [1.82, 2.24) is 9.47 Å². The summed E-state index contributed by atoms with van der Waals surface area (Å²) >= 11 is 3.65. The van der Waals surface area contributed by atoms with Gasteiger partial charge in [0.15, 0.2) is 0 Å². The summed E-state index contributed by atoms with van der Waals surface area (Å²) < 4.78 is 7.71. The molecule has 3 rings (SSSR count). The highest BCUT2D eigenvalue weighted by atomic mass is 79.9. The van der Waals surface area contributed by atoms with Crippen molar-refractivity contribution in [3.63, 3.8) is 0 Å². The Morgan fingerprint density at radius 2 is 1.77 bits per heavy atom. The first kappa shape index (κ1) is 23.2. The molecule has 1 amide bonds. The van der Waals surface area contributed by atoms with Crippen LogP contribution in [0.1, 0.15) is 33.6 Å². The molecule has 0 aliphatic carbocycles. The third-order valence-corrected chi connectivity index (χ3v) is 6.42. The number of methoxy groups -OCH3 is 1. The van der Waals surface area contributed by atoms with Gasteiger partial charge in [-0.1, -0.05) is 0 Å². The van der Waals surface area contributed by atoms with Crippen LogP contribution in [0.3, 0.4) is 0 Å². The van der Waals surface area contributed by atoms with Gasteiger partial charge >= 0.3 is 6.09 Å². The van der Waals surface area contributed by atoms with Gasteiger partial charge in [-0.15, -0.1) is 0 Å². The van der Waals surface area contributed by atoms with E-state index in [0.29, 0.717) is 31.6 Å². The van der Waals surface area contributed by atoms with E-state index < -0.39 is 11.6 Å². The zero-order chi connectivity index (χ0) is 22.9. The molecule has 1 fully saturated rings. The molecule has 31 heavy (non-hydrogen) atoms. The number of halogens is 1. The number of pyridine rings is 1. The van der Waals surface area contributed by atoms with Crippen molar-refractivity contribution in [2.45, 2.75) is 45.2 Å². The van der Waals surface area contributed by atoms with Crippen LogP contribution in [0.2, 0.25) is 0 Å². The Balaban J connectivity index is 1.85. The average Bonchev–Trinajstić information content (AvgIpc) is 2.70. The quantitative estimate of drug-likeness (QED) is 0.677. The molecule has 0 bridgehead atoms. The fourth-order valence-electron chi connectivity index (χ4n) is 4.35. The van der Waals surface area contributed by atoms with Crippen molar-refractivity contribution >= 4 is 27.7 Å². The van der Waals surface area contributed by atoms with Crippen molar-refractivity contribution in [3.05, 3.63) is 45.2 Å². The number of ether oxygens (including phenoxy) is 1. The van der Waals surface area contributed by atoms with Crippen LogP contribution in [0.25, 0.3) is 11.3 Å². The minimum absolute atomic E-state index is 0.0559. The van der Waals surface area contributed by atoms with E-state index in [9.17, 15) is 14.7 Å². The molecule has 0 spiro atoms. The number of benzene rings is 1. The predicted octanol–water partition coefficient (Wildman–Crippen LogP) is 4.57. The summed E-state index contributed by atoms with van der Waals surface area (Å²) in [4.78, 5) is 28.6. The molecule has 1 aliphatic heterocycles. The normalized spacial score (nSPS) is 15.1. The lowest BCUT2D eigenvalue weighted by molar-refractivity contribution is 0.0616. The Hall–Kier alpha value is -2.48. The molecule has 1 saturated heterocycles. The summed E-state index contributed by atoms with van der Waals surface area (Å²) in [5.41, 5.74) is 1.81. The third kappa shape index (κ3) is 4.74. The first-order valence-electron chi connectivity index (χ1n) is 10.4. The standard InChI is InChI=1S/C23H30BrN3O4/c1-23(2,3)27(22(29)30)16-10-12-26(13-11-16)19-14-18(24)20(25(4)21(19)28)15-6-8-17(31-5)9-7-15/h6-9,14,16H,10-13H2,1-5H3,(H,29,30). The lowest BCUT2D eigenvalue weighted by atomic mass is 9.96. The summed E-state index contributed by atoms with van der Waals surface area (Å²) in [6.07, 6.45) is 0.475. The Kier molecular flexibility index (Phi) is 6.69. The summed E-state index contributed by atoms with van der Waals surface area (Å²) in [5.74, 6) is 0.759. The van der Waals surface area contributed by atoms with Crippen LogP contribution < -0.4 is 15.2 Å². The van der Waals surface area contributed by atoms with E-state index in [-0.39, 0.29) is 11.6 Å². The summed E-state index contributed by atoms with van der Waals surface area (Å²) in [6, 6.07) is 9.41. The van der Waals surface area contributed by atoms with E-state index in [0.717, 1.165) is 21.5 Å². The number of hydrogen-bond acceptors (Lipinski definition) is 4. The third-order valence-electron chi connectivity index (χ3n) is 5.81. The maximum atomic E-state index is 13.2. The predicted molar refractivity (Wildman–Crippen MR) is 126 cm³/mol. The van der Waals surface area contributed by atoms with Crippen molar-refractivity contribution in [1.29, 1.82) is 0 Å². The van der Waals surface area contributed by atoms with Crippen molar-refractivity contribution < 1.29 is 14.6 Å². The minimum Gasteiger partial charge on any atom is -0.497 e. The maximum absolute atomic E-state index is 13.2. The summed E-state index contributed by atoms with van der Waals surface area (Å²) in [5, 5.41) is 9.68. The van der Waals surface area contributed by atoms with Gasteiger partial charge in [0.05, 0.1) is 12.8 Å². The van der Waals surface area contributed by atoms with Crippen LogP contribution in [0, 0.1) is 0 Å². The molecule has 7 nitrogen and oxygen atoms in total.